The van der Waals surface area contributed by atoms with E-state index in [9.17, 15) is 9.59 Å². The second kappa shape index (κ2) is 7.53. The Kier molecular flexibility index (Phi) is 4.78. The summed E-state index contributed by atoms with van der Waals surface area (Å²) in [6.07, 6.45) is -0.432. The van der Waals surface area contributed by atoms with Crippen molar-refractivity contribution in [2.45, 2.75) is 19.6 Å². The molecule has 0 fully saturated rings. The highest BCUT2D eigenvalue weighted by Gasteiger charge is 2.33. The fourth-order valence-corrected chi connectivity index (χ4v) is 4.65. The van der Waals surface area contributed by atoms with E-state index in [-0.39, 0.29) is 11.2 Å². The maximum Gasteiger partial charge on any atom is 0.331 e. The molecule has 7 nitrogen and oxygen atoms in total. The van der Waals surface area contributed by atoms with Crippen molar-refractivity contribution in [3.05, 3.63) is 86.2 Å². The van der Waals surface area contributed by atoms with Gasteiger partial charge in [0.05, 0.1) is 36.0 Å². The summed E-state index contributed by atoms with van der Waals surface area (Å²) < 4.78 is 16.5. The van der Waals surface area contributed by atoms with E-state index in [4.69, 9.17) is 9.47 Å². The minimum Gasteiger partial charge on any atom is -0.497 e. The predicted molar refractivity (Wildman–Crippen MR) is 123 cm³/mol. The maximum absolute atomic E-state index is 13.4. The van der Waals surface area contributed by atoms with Gasteiger partial charge in [0, 0.05) is 20.6 Å². The van der Waals surface area contributed by atoms with Gasteiger partial charge in [-0.3, -0.25) is 13.9 Å². The zero-order valence-electron chi connectivity index (χ0n) is 18.6. The monoisotopic (exact) mass is 431 g/mol. The third kappa shape index (κ3) is 2.92. The molecule has 7 heteroatoms. The number of fused-ring (bicyclic) bond motifs is 3. The van der Waals surface area contributed by atoms with Crippen LogP contribution in [0.3, 0.4) is 0 Å². The smallest absolute Gasteiger partial charge is 0.331 e. The number of aromatic nitrogens is 3. The van der Waals surface area contributed by atoms with Crippen LogP contribution in [0.4, 0.5) is 0 Å². The lowest BCUT2D eigenvalue weighted by Gasteiger charge is -2.28. The molecule has 0 saturated heterocycles. The van der Waals surface area contributed by atoms with E-state index in [0.29, 0.717) is 24.1 Å². The van der Waals surface area contributed by atoms with Gasteiger partial charge in [-0.25, -0.2) is 4.79 Å². The van der Waals surface area contributed by atoms with Crippen molar-refractivity contribution in [3.63, 3.8) is 0 Å². The summed E-state index contributed by atoms with van der Waals surface area (Å²) >= 11 is 0. The molecule has 1 aliphatic rings. The summed E-state index contributed by atoms with van der Waals surface area (Å²) in [5.41, 5.74) is 4.57. The number of benzene rings is 2. The van der Waals surface area contributed by atoms with E-state index in [0.717, 1.165) is 33.8 Å². The summed E-state index contributed by atoms with van der Waals surface area (Å²) in [7, 11) is 4.86. The quantitative estimate of drug-likeness (QED) is 0.500. The average Bonchev–Trinajstić information content (AvgIpc) is 3.17. The molecule has 0 amide bonds. The van der Waals surface area contributed by atoms with E-state index in [1.807, 2.05) is 55.5 Å². The number of nitrogens with zero attached hydrogens (tertiary/aromatic N) is 3. The van der Waals surface area contributed by atoms with Gasteiger partial charge in [-0.2, -0.15) is 0 Å². The first kappa shape index (κ1) is 20.3. The van der Waals surface area contributed by atoms with Crippen LogP contribution in [0.2, 0.25) is 0 Å². The van der Waals surface area contributed by atoms with Crippen molar-refractivity contribution < 1.29 is 9.47 Å². The highest BCUT2D eigenvalue weighted by Crippen LogP contribution is 2.41. The Hall–Kier alpha value is -3.58. The molecule has 0 bridgehead atoms. The van der Waals surface area contributed by atoms with Crippen LogP contribution in [0, 0.1) is 6.92 Å². The molecule has 0 aliphatic carbocycles. The fraction of sp³-hybridized carbons (Fsp3) is 0.280. The van der Waals surface area contributed by atoms with Gasteiger partial charge in [-0.15, -0.1) is 0 Å². The van der Waals surface area contributed by atoms with Crippen molar-refractivity contribution in [2.75, 3.05) is 13.7 Å². The number of hydrogen-bond acceptors (Lipinski definition) is 4. The molecule has 0 spiro atoms. The fourth-order valence-electron chi connectivity index (χ4n) is 4.65. The lowest BCUT2D eigenvalue weighted by Crippen LogP contribution is -2.37. The zero-order chi connectivity index (χ0) is 22.6. The van der Waals surface area contributed by atoms with Gasteiger partial charge in [0.1, 0.15) is 11.9 Å². The standard InChI is InChI=1S/C25H25N3O4/c1-15-8-10-16(11-9-15)20-19-21(26(2)25(30)27(3)24(19)29)22-23(32-13-12-28(20)22)17-6-5-7-18(14-17)31-4/h5-11,14,23H,12-13H2,1-4H3/t23-/m0/s1. The topological polar surface area (TPSA) is 67.4 Å². The summed E-state index contributed by atoms with van der Waals surface area (Å²) in [5.74, 6) is 0.725. The minimum absolute atomic E-state index is 0.301. The van der Waals surface area contributed by atoms with Crippen molar-refractivity contribution >= 4 is 10.9 Å². The minimum atomic E-state index is -0.432. The van der Waals surface area contributed by atoms with E-state index < -0.39 is 6.10 Å². The van der Waals surface area contributed by atoms with E-state index in [2.05, 4.69) is 4.57 Å². The molecular formula is C25H25N3O4. The first-order valence-electron chi connectivity index (χ1n) is 10.6. The molecule has 3 heterocycles. The molecule has 32 heavy (non-hydrogen) atoms. The van der Waals surface area contributed by atoms with Crippen LogP contribution in [-0.4, -0.2) is 27.4 Å². The zero-order valence-corrected chi connectivity index (χ0v) is 18.6. The Morgan fingerprint density at radius 1 is 1.03 bits per heavy atom. The lowest BCUT2D eigenvalue weighted by molar-refractivity contribution is 0.0477. The normalized spacial score (nSPS) is 15.7. The second-order valence-electron chi connectivity index (χ2n) is 8.21. The highest BCUT2D eigenvalue weighted by atomic mass is 16.5. The Balaban J connectivity index is 1.92. The Bertz CT molecular complexity index is 1460. The van der Waals surface area contributed by atoms with Gasteiger partial charge in [0.25, 0.3) is 5.56 Å². The van der Waals surface area contributed by atoms with Gasteiger partial charge in [-0.1, -0.05) is 42.0 Å². The molecule has 2 aromatic carbocycles. The van der Waals surface area contributed by atoms with Crippen LogP contribution in [0.5, 0.6) is 5.75 Å². The number of ether oxygens (including phenoxy) is 2. The molecule has 1 aliphatic heterocycles. The molecule has 0 radical (unpaired) electrons. The number of methoxy groups -OCH3 is 1. The van der Waals surface area contributed by atoms with Gasteiger partial charge >= 0.3 is 5.69 Å². The largest absolute Gasteiger partial charge is 0.497 e. The molecule has 0 unspecified atom stereocenters. The van der Waals surface area contributed by atoms with Crippen LogP contribution in [0.15, 0.2) is 58.1 Å². The first-order chi connectivity index (χ1) is 15.4. The van der Waals surface area contributed by atoms with Gasteiger partial charge < -0.3 is 14.0 Å². The van der Waals surface area contributed by atoms with Gasteiger partial charge in [0.15, 0.2) is 0 Å². The van der Waals surface area contributed by atoms with Gasteiger partial charge in [-0.05, 0) is 30.2 Å². The number of rotatable bonds is 3. The highest BCUT2D eigenvalue weighted by molar-refractivity contribution is 5.96. The van der Waals surface area contributed by atoms with Crippen molar-refractivity contribution in [3.8, 4) is 17.0 Å². The summed E-state index contributed by atoms with van der Waals surface area (Å²) in [4.78, 5) is 26.3. The number of aryl methyl sites for hydroxylation is 2. The number of hydrogen-bond donors (Lipinski definition) is 0. The Morgan fingerprint density at radius 3 is 2.50 bits per heavy atom. The van der Waals surface area contributed by atoms with Crippen molar-refractivity contribution in [1.82, 2.24) is 13.7 Å². The van der Waals surface area contributed by atoms with Crippen LogP contribution in [-0.2, 0) is 25.4 Å². The second-order valence-corrected chi connectivity index (χ2v) is 8.21. The molecule has 2 aromatic heterocycles. The van der Waals surface area contributed by atoms with Crippen LogP contribution in [0.25, 0.3) is 22.2 Å². The molecule has 0 saturated carbocycles. The Labute approximate surface area is 185 Å². The summed E-state index contributed by atoms with van der Waals surface area (Å²) in [5, 5.41) is 0.534. The van der Waals surface area contributed by atoms with E-state index in [1.165, 1.54) is 11.6 Å². The first-order valence-corrected chi connectivity index (χ1v) is 10.6. The van der Waals surface area contributed by atoms with Crippen LogP contribution < -0.4 is 16.0 Å². The van der Waals surface area contributed by atoms with Crippen LogP contribution >= 0.6 is 0 Å². The van der Waals surface area contributed by atoms with Crippen molar-refractivity contribution in [1.29, 1.82) is 0 Å². The van der Waals surface area contributed by atoms with Crippen LogP contribution in [0.1, 0.15) is 22.9 Å². The van der Waals surface area contributed by atoms with Crippen molar-refractivity contribution in [2.24, 2.45) is 14.1 Å². The summed E-state index contributed by atoms with van der Waals surface area (Å²) in [6, 6.07) is 15.8. The lowest BCUT2D eigenvalue weighted by atomic mass is 10.0. The Morgan fingerprint density at radius 2 is 1.78 bits per heavy atom. The summed E-state index contributed by atoms with van der Waals surface area (Å²) in [6.45, 7) is 3.11. The SMILES string of the molecule is COc1cccc([C@@H]2OCCn3c(-c4ccc(C)cc4)c4c(=O)n(C)c(=O)n(C)c4c32)c1. The van der Waals surface area contributed by atoms with E-state index >= 15 is 0 Å². The maximum atomic E-state index is 13.4. The third-order valence-electron chi connectivity index (χ3n) is 6.27. The predicted octanol–water partition coefficient (Wildman–Crippen LogP) is 3.14. The molecular weight excluding hydrogens is 406 g/mol. The third-order valence-corrected chi connectivity index (χ3v) is 6.27. The molecule has 1 atom stereocenters. The molecule has 4 aromatic rings. The molecule has 164 valence electrons. The average molecular weight is 431 g/mol. The van der Waals surface area contributed by atoms with Gasteiger partial charge in [0.2, 0.25) is 0 Å². The van der Waals surface area contributed by atoms with E-state index in [1.54, 1.807) is 18.7 Å². The molecule has 0 N–H and O–H groups in total. The molecule has 5 rings (SSSR count).